The Hall–Kier alpha value is -3.19. The minimum Gasteiger partial charge on any atom is -0.507 e. The molecule has 0 saturated carbocycles. The zero-order chi connectivity index (χ0) is 22.4. The van der Waals surface area contributed by atoms with Crippen LogP contribution in [0.2, 0.25) is 0 Å². The van der Waals surface area contributed by atoms with Gasteiger partial charge in [0.05, 0.1) is 18.2 Å². The summed E-state index contributed by atoms with van der Waals surface area (Å²) < 4.78 is 5.52. The van der Waals surface area contributed by atoms with E-state index in [2.05, 4.69) is 23.7 Å². The number of carbonyl (C=O) groups excluding carboxylic acids is 2. The van der Waals surface area contributed by atoms with E-state index in [0.717, 1.165) is 13.1 Å². The number of carbonyl (C=O) groups is 2. The first-order valence-corrected chi connectivity index (χ1v) is 10.7. The number of ketones is 1. The summed E-state index contributed by atoms with van der Waals surface area (Å²) in [6, 6.07) is 9.77. The van der Waals surface area contributed by atoms with Gasteiger partial charge in [-0.3, -0.25) is 14.6 Å². The Morgan fingerprint density at radius 1 is 1.16 bits per heavy atom. The Balaban J connectivity index is 2.06. The second-order valence-electron chi connectivity index (χ2n) is 7.27. The molecule has 1 aliphatic heterocycles. The van der Waals surface area contributed by atoms with Crippen molar-refractivity contribution in [1.29, 1.82) is 0 Å². The molecule has 1 fully saturated rings. The summed E-state index contributed by atoms with van der Waals surface area (Å²) in [4.78, 5) is 33.9. The van der Waals surface area contributed by atoms with Gasteiger partial charge in [-0.2, -0.15) is 0 Å². The van der Waals surface area contributed by atoms with Crippen LogP contribution in [0.25, 0.3) is 5.76 Å². The van der Waals surface area contributed by atoms with Gasteiger partial charge in [-0.1, -0.05) is 32.0 Å². The molecule has 31 heavy (non-hydrogen) atoms. The molecule has 1 aromatic carbocycles. The lowest BCUT2D eigenvalue weighted by molar-refractivity contribution is -0.140. The third kappa shape index (κ3) is 4.77. The van der Waals surface area contributed by atoms with E-state index >= 15 is 0 Å². The minimum atomic E-state index is -0.694. The van der Waals surface area contributed by atoms with E-state index in [1.807, 2.05) is 13.0 Å². The van der Waals surface area contributed by atoms with Crippen LogP contribution in [-0.4, -0.2) is 64.4 Å². The molecule has 164 valence electrons. The van der Waals surface area contributed by atoms with Crippen LogP contribution >= 0.6 is 0 Å². The van der Waals surface area contributed by atoms with E-state index in [0.29, 0.717) is 36.6 Å². The minimum absolute atomic E-state index is 0.0752. The predicted octanol–water partition coefficient (Wildman–Crippen LogP) is 3.24. The molecule has 1 N–H and O–H groups in total. The second kappa shape index (κ2) is 10.2. The van der Waals surface area contributed by atoms with Crippen molar-refractivity contribution in [2.45, 2.75) is 26.8 Å². The molecule has 2 aromatic rings. The molecule has 3 rings (SSSR count). The van der Waals surface area contributed by atoms with E-state index in [9.17, 15) is 14.7 Å². The fourth-order valence-corrected chi connectivity index (χ4v) is 3.84. The average molecular weight is 424 g/mol. The van der Waals surface area contributed by atoms with Crippen LogP contribution in [0.4, 0.5) is 0 Å². The van der Waals surface area contributed by atoms with Gasteiger partial charge in [0.15, 0.2) is 0 Å². The Bertz CT molecular complexity index is 954. The van der Waals surface area contributed by atoms with Gasteiger partial charge in [0.2, 0.25) is 0 Å². The van der Waals surface area contributed by atoms with Crippen LogP contribution in [0.15, 0.2) is 54.4 Å². The largest absolute Gasteiger partial charge is 0.507 e. The summed E-state index contributed by atoms with van der Waals surface area (Å²) >= 11 is 0. The average Bonchev–Trinajstić information content (AvgIpc) is 3.05. The van der Waals surface area contributed by atoms with Gasteiger partial charge < -0.3 is 19.6 Å². The third-order valence-electron chi connectivity index (χ3n) is 5.51. The van der Waals surface area contributed by atoms with E-state index in [4.69, 9.17) is 4.74 Å². The first-order chi connectivity index (χ1) is 15.0. The highest BCUT2D eigenvalue weighted by Crippen LogP contribution is 2.39. The van der Waals surface area contributed by atoms with Crippen molar-refractivity contribution >= 4 is 17.4 Å². The summed E-state index contributed by atoms with van der Waals surface area (Å²) in [6.07, 6.45) is 3.27. The van der Waals surface area contributed by atoms with Crippen molar-refractivity contribution in [3.05, 3.63) is 65.5 Å². The third-order valence-corrected chi connectivity index (χ3v) is 5.51. The Morgan fingerprint density at radius 2 is 1.94 bits per heavy atom. The van der Waals surface area contributed by atoms with E-state index in [1.54, 1.807) is 42.7 Å². The van der Waals surface area contributed by atoms with Crippen LogP contribution < -0.4 is 4.74 Å². The van der Waals surface area contributed by atoms with Gasteiger partial charge in [0.1, 0.15) is 11.5 Å². The summed E-state index contributed by atoms with van der Waals surface area (Å²) in [7, 11) is 0. The molecule has 1 aliphatic rings. The number of Topliss-reactive ketones (excluding diaryl/α,β-unsaturated/α-hetero) is 1. The van der Waals surface area contributed by atoms with Crippen LogP contribution in [0.3, 0.4) is 0 Å². The topological polar surface area (TPSA) is 83.0 Å². The van der Waals surface area contributed by atoms with Gasteiger partial charge in [-0.15, -0.1) is 0 Å². The lowest BCUT2D eigenvalue weighted by atomic mass is 9.96. The molecule has 1 atom stereocenters. The van der Waals surface area contributed by atoms with E-state index in [1.165, 1.54) is 4.90 Å². The van der Waals surface area contributed by atoms with Crippen molar-refractivity contribution in [2.24, 2.45) is 0 Å². The van der Waals surface area contributed by atoms with Crippen molar-refractivity contribution in [2.75, 3.05) is 32.8 Å². The van der Waals surface area contributed by atoms with E-state index in [-0.39, 0.29) is 11.3 Å². The van der Waals surface area contributed by atoms with Gasteiger partial charge in [-0.05, 0) is 43.8 Å². The van der Waals surface area contributed by atoms with Crippen molar-refractivity contribution in [1.82, 2.24) is 14.8 Å². The first-order valence-electron chi connectivity index (χ1n) is 10.7. The first kappa shape index (κ1) is 22.5. The van der Waals surface area contributed by atoms with Gasteiger partial charge in [-0.25, -0.2) is 0 Å². The van der Waals surface area contributed by atoms with E-state index < -0.39 is 17.7 Å². The van der Waals surface area contributed by atoms with Crippen molar-refractivity contribution in [3.8, 4) is 5.75 Å². The number of ether oxygens (including phenoxy) is 1. The molecule has 0 radical (unpaired) electrons. The number of hydrogen-bond donors (Lipinski definition) is 1. The SMILES string of the molecule is CCOc1cccc(/C(O)=C2/C(=O)C(=O)N(CCN(CC)CC)C2c2cccnc2)c1. The maximum atomic E-state index is 13.0. The molecule has 0 bridgehead atoms. The predicted molar refractivity (Wildman–Crippen MR) is 119 cm³/mol. The number of rotatable bonds is 9. The summed E-state index contributed by atoms with van der Waals surface area (Å²) in [5, 5.41) is 11.1. The fourth-order valence-electron chi connectivity index (χ4n) is 3.84. The number of aromatic nitrogens is 1. The van der Waals surface area contributed by atoms with Crippen LogP contribution in [0.1, 0.15) is 37.9 Å². The number of aliphatic hydroxyl groups is 1. The summed E-state index contributed by atoms with van der Waals surface area (Å²) in [5.74, 6) is -0.921. The van der Waals surface area contributed by atoms with Crippen LogP contribution in [-0.2, 0) is 9.59 Å². The Morgan fingerprint density at radius 3 is 2.58 bits per heavy atom. The molecule has 1 aromatic heterocycles. The zero-order valence-corrected chi connectivity index (χ0v) is 18.2. The van der Waals surface area contributed by atoms with Crippen LogP contribution in [0.5, 0.6) is 5.75 Å². The molecule has 0 aliphatic carbocycles. The molecular formula is C24H29N3O4. The van der Waals surface area contributed by atoms with Crippen molar-refractivity contribution < 1.29 is 19.4 Å². The Labute approximate surface area is 183 Å². The standard InChI is InChI=1S/C24H29N3O4/c1-4-26(5-2)13-14-27-21(18-10-8-12-25-16-18)20(23(29)24(27)30)22(28)17-9-7-11-19(15-17)31-6-3/h7-12,15-16,21,28H,4-6,13-14H2,1-3H3/b22-20-. The highest BCUT2D eigenvalue weighted by Gasteiger charge is 2.46. The molecular weight excluding hydrogens is 394 g/mol. The number of aliphatic hydroxyl groups excluding tert-OH is 1. The fraction of sp³-hybridized carbons (Fsp3) is 0.375. The maximum absolute atomic E-state index is 13.0. The smallest absolute Gasteiger partial charge is 0.295 e. The lowest BCUT2D eigenvalue weighted by Gasteiger charge is -2.28. The molecule has 7 nitrogen and oxygen atoms in total. The number of benzene rings is 1. The number of likely N-dealkylation sites (N-methyl/N-ethyl adjacent to an activating group) is 1. The second-order valence-corrected chi connectivity index (χ2v) is 7.27. The van der Waals surface area contributed by atoms with Gasteiger partial charge in [0, 0.05) is 31.0 Å². The zero-order valence-electron chi connectivity index (χ0n) is 18.2. The molecule has 1 unspecified atom stereocenters. The normalized spacial score (nSPS) is 18.1. The molecule has 1 amide bonds. The lowest BCUT2D eigenvalue weighted by Crippen LogP contribution is -2.38. The number of amides is 1. The Kier molecular flexibility index (Phi) is 7.41. The number of likely N-dealkylation sites (tertiary alicyclic amines) is 1. The number of nitrogens with zero attached hydrogens (tertiary/aromatic N) is 3. The maximum Gasteiger partial charge on any atom is 0.295 e. The quantitative estimate of drug-likeness (QED) is 0.379. The monoisotopic (exact) mass is 423 g/mol. The van der Waals surface area contributed by atoms with Crippen molar-refractivity contribution in [3.63, 3.8) is 0 Å². The molecule has 1 saturated heterocycles. The summed E-state index contributed by atoms with van der Waals surface area (Å²) in [6.45, 7) is 9.18. The number of pyridine rings is 1. The molecule has 7 heteroatoms. The molecule has 2 heterocycles. The van der Waals surface area contributed by atoms with Gasteiger partial charge >= 0.3 is 0 Å². The van der Waals surface area contributed by atoms with Gasteiger partial charge in [0.25, 0.3) is 11.7 Å². The highest BCUT2D eigenvalue weighted by atomic mass is 16.5. The number of hydrogen-bond acceptors (Lipinski definition) is 6. The highest BCUT2D eigenvalue weighted by molar-refractivity contribution is 6.46. The van der Waals surface area contributed by atoms with Crippen LogP contribution in [0, 0.1) is 0 Å². The summed E-state index contributed by atoms with van der Waals surface area (Å²) in [5.41, 5.74) is 1.19. The molecule has 0 spiro atoms.